The van der Waals surface area contributed by atoms with Gasteiger partial charge in [0.05, 0.1) is 13.2 Å². The molecule has 0 aromatic heterocycles. The first kappa shape index (κ1) is 13.8. The summed E-state index contributed by atoms with van der Waals surface area (Å²) in [7, 11) is -3.34. The molecule has 6 nitrogen and oxygen atoms in total. The lowest BCUT2D eigenvalue weighted by atomic mass is 10.5. The fourth-order valence-corrected chi connectivity index (χ4v) is 1.65. The Morgan fingerprint density at radius 3 is 2.43 bits per heavy atom. The zero-order valence-corrected chi connectivity index (χ0v) is 9.27. The van der Waals surface area contributed by atoms with Crippen molar-refractivity contribution >= 4 is 10.2 Å². The minimum absolute atomic E-state index is 0.263. The van der Waals surface area contributed by atoms with Crippen LogP contribution < -0.4 is 15.2 Å². The molecule has 0 heterocycles. The number of nitrogens with two attached hydrogens (primary N) is 1. The summed E-state index contributed by atoms with van der Waals surface area (Å²) >= 11 is 0. The third-order valence-corrected chi connectivity index (χ3v) is 2.51. The van der Waals surface area contributed by atoms with E-state index in [-0.39, 0.29) is 6.54 Å². The lowest BCUT2D eigenvalue weighted by molar-refractivity contribution is 0.147. The molecule has 0 unspecified atom stereocenters. The summed E-state index contributed by atoms with van der Waals surface area (Å²) in [5.41, 5.74) is 5.19. The van der Waals surface area contributed by atoms with Gasteiger partial charge in [-0.15, -0.1) is 0 Å². The van der Waals surface area contributed by atoms with Crippen LogP contribution in [0.3, 0.4) is 0 Å². The van der Waals surface area contributed by atoms with E-state index < -0.39 is 10.2 Å². The summed E-state index contributed by atoms with van der Waals surface area (Å²) in [5.74, 6) is 0. The van der Waals surface area contributed by atoms with E-state index in [1.807, 2.05) is 6.92 Å². The van der Waals surface area contributed by atoms with Gasteiger partial charge in [0, 0.05) is 19.6 Å². The molecule has 7 heteroatoms. The van der Waals surface area contributed by atoms with Crippen LogP contribution in [0.4, 0.5) is 0 Å². The second kappa shape index (κ2) is 8.13. The van der Waals surface area contributed by atoms with Crippen LogP contribution in [-0.4, -0.2) is 41.3 Å². The van der Waals surface area contributed by atoms with E-state index in [4.69, 9.17) is 10.5 Å². The predicted octanol–water partition coefficient (Wildman–Crippen LogP) is -1.20. The maximum Gasteiger partial charge on any atom is 0.276 e. The van der Waals surface area contributed by atoms with E-state index >= 15 is 0 Å². The molecule has 0 fully saturated rings. The average Bonchev–Trinajstić information content (AvgIpc) is 2.15. The Hall–Kier alpha value is -0.210. The average molecular weight is 225 g/mol. The van der Waals surface area contributed by atoms with Gasteiger partial charge in [-0.05, 0) is 6.42 Å². The number of ether oxygens (including phenoxy) is 1. The predicted molar refractivity (Wildman–Crippen MR) is 55.1 cm³/mol. The molecule has 0 aliphatic rings. The Morgan fingerprint density at radius 2 is 1.86 bits per heavy atom. The van der Waals surface area contributed by atoms with Gasteiger partial charge < -0.3 is 10.5 Å². The monoisotopic (exact) mass is 225 g/mol. The van der Waals surface area contributed by atoms with Crippen molar-refractivity contribution in [2.24, 2.45) is 5.73 Å². The topological polar surface area (TPSA) is 93.5 Å². The first-order valence-corrected chi connectivity index (χ1v) is 6.12. The summed E-state index contributed by atoms with van der Waals surface area (Å²) in [5, 5.41) is 0. The maximum atomic E-state index is 11.1. The molecule has 0 bridgehead atoms. The minimum Gasteiger partial charge on any atom is -0.379 e. The Bertz CT molecular complexity index is 218. The molecule has 0 radical (unpaired) electrons. The molecule has 14 heavy (non-hydrogen) atoms. The van der Waals surface area contributed by atoms with Crippen molar-refractivity contribution in [1.29, 1.82) is 0 Å². The van der Waals surface area contributed by atoms with E-state index in [1.165, 1.54) is 0 Å². The van der Waals surface area contributed by atoms with E-state index in [9.17, 15) is 8.42 Å². The van der Waals surface area contributed by atoms with Crippen LogP contribution in [0.25, 0.3) is 0 Å². The fourth-order valence-electron chi connectivity index (χ4n) is 0.721. The van der Waals surface area contributed by atoms with Crippen LogP contribution in [0.1, 0.15) is 13.3 Å². The van der Waals surface area contributed by atoms with Crippen molar-refractivity contribution in [3.63, 3.8) is 0 Å². The minimum atomic E-state index is -3.34. The molecule has 0 aliphatic carbocycles. The van der Waals surface area contributed by atoms with Gasteiger partial charge in [-0.3, -0.25) is 0 Å². The van der Waals surface area contributed by atoms with Crippen molar-refractivity contribution in [2.75, 3.05) is 32.8 Å². The lowest BCUT2D eigenvalue weighted by Gasteiger charge is -2.07. The molecule has 0 saturated heterocycles. The number of hydrogen-bond donors (Lipinski definition) is 3. The first-order chi connectivity index (χ1) is 6.62. The van der Waals surface area contributed by atoms with E-state index in [1.54, 1.807) is 0 Å². The van der Waals surface area contributed by atoms with Gasteiger partial charge in [0.25, 0.3) is 10.2 Å². The lowest BCUT2D eigenvalue weighted by Crippen LogP contribution is -2.38. The van der Waals surface area contributed by atoms with Crippen molar-refractivity contribution < 1.29 is 13.2 Å². The highest BCUT2D eigenvalue weighted by Crippen LogP contribution is 1.79. The van der Waals surface area contributed by atoms with Crippen molar-refractivity contribution in [3.8, 4) is 0 Å². The highest BCUT2D eigenvalue weighted by Gasteiger charge is 2.05. The van der Waals surface area contributed by atoms with Gasteiger partial charge in [0.1, 0.15) is 0 Å². The van der Waals surface area contributed by atoms with Crippen LogP contribution in [0.15, 0.2) is 0 Å². The van der Waals surface area contributed by atoms with Gasteiger partial charge in [0.2, 0.25) is 0 Å². The number of nitrogens with one attached hydrogen (secondary N) is 2. The Morgan fingerprint density at radius 1 is 1.21 bits per heavy atom. The molecule has 86 valence electrons. The molecule has 0 aromatic rings. The normalized spacial score (nSPS) is 11.9. The van der Waals surface area contributed by atoms with Crippen LogP contribution in [-0.2, 0) is 14.9 Å². The summed E-state index contributed by atoms with van der Waals surface area (Å²) < 4.78 is 32.0. The smallest absolute Gasteiger partial charge is 0.276 e. The quantitative estimate of drug-likeness (QED) is 0.429. The molecule has 0 saturated carbocycles. The Balaban J connectivity index is 3.46. The third-order valence-electron chi connectivity index (χ3n) is 1.34. The SMILES string of the molecule is CCCNS(=O)(=O)NCCOCCN. The molecule has 0 aliphatic heterocycles. The molecule has 0 aromatic carbocycles. The van der Waals surface area contributed by atoms with Gasteiger partial charge in [-0.2, -0.15) is 13.1 Å². The molecular weight excluding hydrogens is 206 g/mol. The number of rotatable bonds is 9. The van der Waals surface area contributed by atoms with Crippen LogP contribution in [0, 0.1) is 0 Å². The summed E-state index contributed by atoms with van der Waals surface area (Å²) in [6.07, 6.45) is 0.768. The van der Waals surface area contributed by atoms with Crippen LogP contribution >= 0.6 is 0 Å². The van der Waals surface area contributed by atoms with Gasteiger partial charge in [-0.25, -0.2) is 4.72 Å². The third kappa shape index (κ3) is 8.39. The van der Waals surface area contributed by atoms with Gasteiger partial charge >= 0.3 is 0 Å². The van der Waals surface area contributed by atoms with E-state index in [0.29, 0.717) is 26.3 Å². The van der Waals surface area contributed by atoms with Crippen molar-refractivity contribution in [2.45, 2.75) is 13.3 Å². The molecule has 0 spiro atoms. The van der Waals surface area contributed by atoms with E-state index in [0.717, 1.165) is 6.42 Å². The van der Waals surface area contributed by atoms with Gasteiger partial charge in [-0.1, -0.05) is 6.92 Å². The Kier molecular flexibility index (Phi) is 8.01. The standard InChI is InChI=1S/C7H19N3O3S/c1-2-4-9-14(11,12)10-5-7-13-6-3-8/h9-10H,2-8H2,1H3. The zero-order chi connectivity index (χ0) is 10.9. The van der Waals surface area contributed by atoms with Crippen LogP contribution in [0.5, 0.6) is 0 Å². The molecule has 0 rings (SSSR count). The first-order valence-electron chi connectivity index (χ1n) is 4.64. The van der Waals surface area contributed by atoms with Gasteiger partial charge in [0.15, 0.2) is 0 Å². The molecule has 0 amide bonds. The largest absolute Gasteiger partial charge is 0.379 e. The second-order valence-electron chi connectivity index (χ2n) is 2.69. The van der Waals surface area contributed by atoms with Crippen molar-refractivity contribution in [3.05, 3.63) is 0 Å². The highest BCUT2D eigenvalue weighted by molar-refractivity contribution is 7.87. The zero-order valence-electron chi connectivity index (χ0n) is 8.45. The van der Waals surface area contributed by atoms with Crippen LogP contribution in [0.2, 0.25) is 0 Å². The maximum absolute atomic E-state index is 11.1. The fraction of sp³-hybridized carbons (Fsp3) is 1.00. The van der Waals surface area contributed by atoms with Crippen molar-refractivity contribution in [1.82, 2.24) is 9.44 Å². The summed E-state index contributed by atoms with van der Waals surface area (Å²) in [4.78, 5) is 0. The summed E-state index contributed by atoms with van der Waals surface area (Å²) in [6, 6.07) is 0. The second-order valence-corrected chi connectivity index (χ2v) is 4.28. The Labute approximate surface area is 85.4 Å². The number of hydrogen-bond acceptors (Lipinski definition) is 4. The van der Waals surface area contributed by atoms with E-state index in [2.05, 4.69) is 9.44 Å². The summed E-state index contributed by atoms with van der Waals surface area (Å²) in [6.45, 7) is 3.83. The highest BCUT2D eigenvalue weighted by atomic mass is 32.2. The molecule has 4 N–H and O–H groups in total. The molecule has 0 atom stereocenters. The molecular formula is C7H19N3O3S.